The van der Waals surface area contributed by atoms with Crippen LogP contribution in [0.15, 0.2) is 6.33 Å². The van der Waals surface area contributed by atoms with Crippen LogP contribution < -0.4 is 5.32 Å². The zero-order chi connectivity index (χ0) is 15.3. The molecule has 1 aromatic rings. The van der Waals surface area contributed by atoms with Crippen LogP contribution in [0.1, 0.15) is 52.3 Å². The highest BCUT2D eigenvalue weighted by Gasteiger charge is 2.44. The van der Waals surface area contributed by atoms with Crippen LogP contribution in [0.5, 0.6) is 0 Å². The van der Waals surface area contributed by atoms with Gasteiger partial charge in [-0.1, -0.05) is 33.6 Å². The molecule has 1 aromatic heterocycles. The quantitative estimate of drug-likeness (QED) is 0.796. The van der Waals surface area contributed by atoms with Gasteiger partial charge in [-0.15, -0.1) is 0 Å². The molecule has 0 radical (unpaired) electrons. The summed E-state index contributed by atoms with van der Waals surface area (Å²) in [6, 6.07) is 0.452. The molecule has 1 unspecified atom stereocenters. The number of hydrogen-bond donors (Lipinski definition) is 1. The number of hydrogen-bond acceptors (Lipinski definition) is 4. The summed E-state index contributed by atoms with van der Waals surface area (Å²) in [6.07, 6.45) is 7.90. The van der Waals surface area contributed by atoms with Crippen molar-refractivity contribution in [1.29, 1.82) is 0 Å². The third kappa shape index (κ3) is 3.29. The maximum atomic E-state index is 4.44. The van der Waals surface area contributed by atoms with Gasteiger partial charge in [0.2, 0.25) is 0 Å². The van der Waals surface area contributed by atoms with Gasteiger partial charge in [0.25, 0.3) is 0 Å². The largest absolute Gasteiger partial charge is 0.312 e. The number of aromatic nitrogens is 3. The first-order chi connectivity index (χ1) is 10.2. The molecule has 0 aliphatic heterocycles. The van der Waals surface area contributed by atoms with Crippen LogP contribution in [0.25, 0.3) is 0 Å². The van der Waals surface area contributed by atoms with Crippen molar-refractivity contribution in [2.75, 3.05) is 19.6 Å². The molecular weight excluding hydrogens is 262 g/mol. The SMILES string of the molecule is CCNC(Cc1ncnn1C)C1(N(CC)CC)CCCC1. The van der Waals surface area contributed by atoms with Gasteiger partial charge in [0.1, 0.15) is 12.2 Å². The van der Waals surface area contributed by atoms with E-state index in [0.29, 0.717) is 6.04 Å². The standard InChI is InChI=1S/C16H31N5/c1-5-17-14(12-15-18-13-19-20(15)4)16(10-8-9-11-16)21(6-2)7-3/h13-14,17H,5-12H2,1-4H3. The lowest BCUT2D eigenvalue weighted by Crippen LogP contribution is -2.60. The highest BCUT2D eigenvalue weighted by molar-refractivity contribution is 5.07. The van der Waals surface area contributed by atoms with Crippen molar-refractivity contribution in [2.24, 2.45) is 7.05 Å². The summed E-state index contributed by atoms with van der Waals surface area (Å²) in [4.78, 5) is 7.11. The lowest BCUT2D eigenvalue weighted by Gasteiger charge is -2.46. The topological polar surface area (TPSA) is 46.0 Å². The Hall–Kier alpha value is -0.940. The lowest BCUT2D eigenvalue weighted by atomic mass is 9.83. The van der Waals surface area contributed by atoms with Crippen LogP contribution in [0.4, 0.5) is 0 Å². The molecule has 5 heteroatoms. The summed E-state index contributed by atoms with van der Waals surface area (Å²) in [6.45, 7) is 10.0. The van der Waals surface area contributed by atoms with Gasteiger partial charge in [-0.25, -0.2) is 4.98 Å². The van der Waals surface area contributed by atoms with Gasteiger partial charge >= 0.3 is 0 Å². The smallest absolute Gasteiger partial charge is 0.138 e. The highest BCUT2D eigenvalue weighted by Crippen LogP contribution is 2.39. The first-order valence-corrected chi connectivity index (χ1v) is 8.49. The minimum absolute atomic E-state index is 0.283. The molecule has 0 bridgehead atoms. The van der Waals surface area contributed by atoms with Crippen LogP contribution in [0.2, 0.25) is 0 Å². The zero-order valence-corrected chi connectivity index (χ0v) is 14.1. The van der Waals surface area contributed by atoms with Gasteiger partial charge < -0.3 is 5.32 Å². The van der Waals surface area contributed by atoms with Gasteiger partial charge in [-0.05, 0) is 32.5 Å². The third-order valence-electron chi connectivity index (χ3n) is 5.15. The van der Waals surface area contributed by atoms with Crippen LogP contribution in [-0.2, 0) is 13.5 Å². The fraction of sp³-hybridized carbons (Fsp3) is 0.875. The van der Waals surface area contributed by atoms with Crippen LogP contribution >= 0.6 is 0 Å². The fourth-order valence-corrected chi connectivity index (χ4v) is 4.11. The molecule has 5 nitrogen and oxygen atoms in total. The molecule has 1 aliphatic carbocycles. The molecule has 1 fully saturated rings. The molecular formula is C16H31N5. The van der Waals surface area contributed by atoms with Crippen LogP contribution in [-0.4, -0.2) is 50.9 Å². The van der Waals surface area contributed by atoms with E-state index in [4.69, 9.17) is 0 Å². The second-order valence-corrected chi connectivity index (χ2v) is 6.10. The van der Waals surface area contributed by atoms with Gasteiger partial charge in [-0.2, -0.15) is 5.10 Å². The predicted octanol–water partition coefficient (Wildman–Crippen LogP) is 1.99. The van der Waals surface area contributed by atoms with Crippen molar-refractivity contribution in [1.82, 2.24) is 25.0 Å². The van der Waals surface area contributed by atoms with Crippen molar-refractivity contribution < 1.29 is 0 Å². The molecule has 0 amide bonds. The van der Waals surface area contributed by atoms with E-state index in [9.17, 15) is 0 Å². The Bertz CT molecular complexity index is 418. The van der Waals surface area contributed by atoms with Gasteiger partial charge in [0.05, 0.1) is 0 Å². The molecule has 1 heterocycles. The Kier molecular flexibility index (Phi) is 5.76. The van der Waals surface area contributed by atoms with Crippen molar-refractivity contribution in [3.05, 3.63) is 12.2 Å². The maximum absolute atomic E-state index is 4.44. The zero-order valence-electron chi connectivity index (χ0n) is 14.1. The minimum atomic E-state index is 0.283. The molecule has 0 saturated heterocycles. The molecule has 2 rings (SSSR count). The second kappa shape index (κ2) is 7.36. The van der Waals surface area contributed by atoms with Gasteiger partial charge in [-0.3, -0.25) is 9.58 Å². The molecule has 0 spiro atoms. The monoisotopic (exact) mass is 293 g/mol. The Morgan fingerprint density at radius 3 is 2.43 bits per heavy atom. The number of nitrogens with one attached hydrogen (secondary N) is 1. The van der Waals surface area contributed by atoms with Gasteiger partial charge in [0, 0.05) is 25.0 Å². The van der Waals surface area contributed by atoms with E-state index < -0.39 is 0 Å². The summed E-state index contributed by atoms with van der Waals surface area (Å²) in [5.41, 5.74) is 0.283. The third-order valence-corrected chi connectivity index (χ3v) is 5.15. The molecule has 0 aromatic carbocycles. The van der Waals surface area contributed by atoms with Crippen molar-refractivity contribution in [3.63, 3.8) is 0 Å². The maximum Gasteiger partial charge on any atom is 0.138 e. The van der Waals surface area contributed by atoms with Crippen LogP contribution in [0, 0.1) is 0 Å². The lowest BCUT2D eigenvalue weighted by molar-refractivity contribution is 0.0625. The second-order valence-electron chi connectivity index (χ2n) is 6.10. The summed E-state index contributed by atoms with van der Waals surface area (Å²) in [5, 5.41) is 7.99. The van der Waals surface area contributed by atoms with Gasteiger partial charge in [0.15, 0.2) is 0 Å². The van der Waals surface area contributed by atoms with E-state index in [-0.39, 0.29) is 5.54 Å². The van der Waals surface area contributed by atoms with E-state index >= 15 is 0 Å². The average Bonchev–Trinajstić information content (AvgIpc) is 3.11. The average molecular weight is 293 g/mol. The first-order valence-electron chi connectivity index (χ1n) is 8.49. The van der Waals surface area contributed by atoms with Crippen molar-refractivity contribution >= 4 is 0 Å². The first kappa shape index (κ1) is 16.4. The molecule has 1 aliphatic rings. The summed E-state index contributed by atoms with van der Waals surface area (Å²) in [7, 11) is 1.99. The van der Waals surface area contributed by atoms with E-state index in [2.05, 4.69) is 41.1 Å². The molecule has 21 heavy (non-hydrogen) atoms. The predicted molar refractivity (Wildman–Crippen MR) is 86.3 cm³/mol. The molecule has 120 valence electrons. The molecule has 1 N–H and O–H groups in total. The molecule has 1 atom stereocenters. The van der Waals surface area contributed by atoms with Crippen molar-refractivity contribution in [3.8, 4) is 0 Å². The van der Waals surface area contributed by atoms with E-state index in [1.165, 1.54) is 25.7 Å². The number of rotatable bonds is 8. The summed E-state index contributed by atoms with van der Waals surface area (Å²) < 4.78 is 1.91. The Labute approximate surface area is 129 Å². The highest BCUT2D eigenvalue weighted by atomic mass is 15.3. The van der Waals surface area contributed by atoms with Crippen LogP contribution in [0.3, 0.4) is 0 Å². The number of nitrogens with zero attached hydrogens (tertiary/aromatic N) is 4. The Balaban J connectivity index is 2.26. The fourth-order valence-electron chi connectivity index (χ4n) is 4.11. The Morgan fingerprint density at radius 1 is 1.29 bits per heavy atom. The van der Waals surface area contributed by atoms with E-state index in [1.807, 2.05) is 11.7 Å². The minimum Gasteiger partial charge on any atom is -0.312 e. The Morgan fingerprint density at radius 2 is 1.95 bits per heavy atom. The summed E-state index contributed by atoms with van der Waals surface area (Å²) >= 11 is 0. The van der Waals surface area contributed by atoms with Crippen molar-refractivity contribution in [2.45, 2.75) is 64.5 Å². The summed E-state index contributed by atoms with van der Waals surface area (Å²) in [5.74, 6) is 1.08. The van der Waals surface area contributed by atoms with E-state index in [1.54, 1.807) is 6.33 Å². The molecule has 1 saturated carbocycles. The normalized spacial score (nSPS) is 19.3. The number of likely N-dealkylation sites (N-methyl/N-ethyl adjacent to an activating group) is 2. The number of aryl methyl sites for hydroxylation is 1. The van der Waals surface area contributed by atoms with E-state index in [0.717, 1.165) is 31.9 Å².